The third kappa shape index (κ3) is 5.44. The molecule has 0 unspecified atom stereocenters. The Morgan fingerprint density at radius 2 is 2.21 bits per heavy atom. The van der Waals surface area contributed by atoms with Gasteiger partial charge in [0.25, 0.3) is 5.91 Å². The molecule has 0 radical (unpaired) electrons. The van der Waals surface area contributed by atoms with E-state index in [9.17, 15) is 4.79 Å². The first-order valence-electron chi connectivity index (χ1n) is 5.81. The average Bonchev–Trinajstić information content (AvgIpc) is 2.36. The molecule has 4 nitrogen and oxygen atoms in total. The lowest BCUT2D eigenvalue weighted by atomic mass is 10.2. The number of benzene rings is 1. The SMILES string of the molecule is Cc1ccc(Cl)cc1OCC(=O)N(C)CCC(N)=S. The maximum Gasteiger partial charge on any atom is 0.260 e. The van der Waals surface area contributed by atoms with Crippen molar-refractivity contribution in [3.05, 3.63) is 28.8 Å². The van der Waals surface area contributed by atoms with E-state index in [-0.39, 0.29) is 12.5 Å². The van der Waals surface area contributed by atoms with Crippen LogP contribution in [-0.4, -0.2) is 36.0 Å². The summed E-state index contributed by atoms with van der Waals surface area (Å²) in [6.07, 6.45) is 0.508. The Labute approximate surface area is 123 Å². The number of carbonyl (C=O) groups excluding carboxylic acids is 1. The van der Waals surface area contributed by atoms with E-state index in [1.54, 1.807) is 24.1 Å². The van der Waals surface area contributed by atoms with Crippen LogP contribution in [0.25, 0.3) is 0 Å². The molecule has 0 aliphatic heterocycles. The quantitative estimate of drug-likeness (QED) is 0.818. The van der Waals surface area contributed by atoms with Gasteiger partial charge in [0.1, 0.15) is 5.75 Å². The van der Waals surface area contributed by atoms with Crippen LogP contribution in [0.2, 0.25) is 5.02 Å². The van der Waals surface area contributed by atoms with Crippen LogP contribution >= 0.6 is 23.8 Å². The summed E-state index contributed by atoms with van der Waals surface area (Å²) >= 11 is 10.6. The van der Waals surface area contributed by atoms with E-state index >= 15 is 0 Å². The van der Waals surface area contributed by atoms with Crippen molar-refractivity contribution in [1.82, 2.24) is 4.90 Å². The number of nitrogens with zero attached hydrogens (tertiary/aromatic N) is 1. The third-order valence-corrected chi connectivity index (χ3v) is 3.06. The second-order valence-electron chi connectivity index (χ2n) is 4.23. The molecule has 0 heterocycles. The topological polar surface area (TPSA) is 55.6 Å². The van der Waals surface area contributed by atoms with Crippen molar-refractivity contribution in [1.29, 1.82) is 0 Å². The van der Waals surface area contributed by atoms with Gasteiger partial charge < -0.3 is 15.4 Å². The summed E-state index contributed by atoms with van der Waals surface area (Å²) in [6.45, 7) is 2.35. The largest absolute Gasteiger partial charge is 0.483 e. The van der Waals surface area contributed by atoms with Crippen molar-refractivity contribution in [2.75, 3.05) is 20.2 Å². The first-order chi connectivity index (χ1) is 8.90. The highest BCUT2D eigenvalue weighted by Crippen LogP contribution is 2.22. The molecule has 0 spiro atoms. The van der Waals surface area contributed by atoms with Gasteiger partial charge in [-0.15, -0.1) is 0 Å². The van der Waals surface area contributed by atoms with Gasteiger partial charge in [0.2, 0.25) is 0 Å². The second kappa shape index (κ2) is 7.31. The first kappa shape index (κ1) is 15.7. The Hall–Kier alpha value is -1.33. The molecule has 1 aromatic rings. The normalized spacial score (nSPS) is 10.1. The van der Waals surface area contributed by atoms with Crippen LogP contribution < -0.4 is 10.5 Å². The van der Waals surface area contributed by atoms with Gasteiger partial charge in [-0.25, -0.2) is 0 Å². The number of amides is 1. The molecule has 1 rings (SSSR count). The van der Waals surface area contributed by atoms with Crippen molar-refractivity contribution in [2.45, 2.75) is 13.3 Å². The number of rotatable bonds is 6. The van der Waals surface area contributed by atoms with Crippen molar-refractivity contribution >= 4 is 34.7 Å². The molecule has 6 heteroatoms. The Kier molecular flexibility index (Phi) is 6.05. The number of aryl methyl sites for hydroxylation is 1. The predicted octanol–water partition coefficient (Wildman–Crippen LogP) is 2.16. The fourth-order valence-electron chi connectivity index (χ4n) is 1.38. The lowest BCUT2D eigenvalue weighted by molar-refractivity contribution is -0.131. The predicted molar refractivity (Wildman–Crippen MR) is 80.7 cm³/mol. The van der Waals surface area contributed by atoms with Crippen LogP contribution in [-0.2, 0) is 4.79 Å². The van der Waals surface area contributed by atoms with Crippen LogP contribution in [0, 0.1) is 6.92 Å². The van der Waals surface area contributed by atoms with Crippen LogP contribution in [0.3, 0.4) is 0 Å². The van der Waals surface area contributed by atoms with E-state index < -0.39 is 0 Å². The Morgan fingerprint density at radius 3 is 2.84 bits per heavy atom. The van der Waals surface area contributed by atoms with E-state index in [1.807, 2.05) is 13.0 Å². The number of carbonyl (C=O) groups is 1. The number of hydrogen-bond donors (Lipinski definition) is 1. The number of nitrogens with two attached hydrogens (primary N) is 1. The minimum Gasteiger partial charge on any atom is -0.483 e. The number of likely N-dealkylation sites (N-methyl/N-ethyl adjacent to an activating group) is 1. The maximum atomic E-state index is 11.8. The molecule has 0 atom stereocenters. The maximum absolute atomic E-state index is 11.8. The van der Waals surface area contributed by atoms with Gasteiger partial charge in [-0.2, -0.15) is 0 Å². The summed E-state index contributed by atoms with van der Waals surface area (Å²) in [5.41, 5.74) is 6.32. The number of hydrogen-bond acceptors (Lipinski definition) is 3. The van der Waals surface area contributed by atoms with E-state index in [2.05, 4.69) is 0 Å². The molecular weight excluding hydrogens is 284 g/mol. The van der Waals surface area contributed by atoms with Gasteiger partial charge in [-0.3, -0.25) is 4.79 Å². The molecule has 1 aromatic carbocycles. The minimum absolute atomic E-state index is 0.0327. The molecule has 0 saturated heterocycles. The standard InChI is InChI=1S/C13H17ClN2O2S/c1-9-3-4-10(14)7-11(9)18-8-13(17)16(2)6-5-12(15)19/h3-4,7H,5-6,8H2,1-2H3,(H2,15,19). The minimum atomic E-state index is -0.129. The van der Waals surface area contributed by atoms with Gasteiger partial charge in [0.05, 0.1) is 4.99 Å². The summed E-state index contributed by atoms with van der Waals surface area (Å²) in [6, 6.07) is 5.32. The molecule has 0 aliphatic rings. The Morgan fingerprint density at radius 1 is 1.53 bits per heavy atom. The second-order valence-corrected chi connectivity index (χ2v) is 5.19. The van der Waals surface area contributed by atoms with Crippen molar-refractivity contribution in [3.63, 3.8) is 0 Å². The van der Waals surface area contributed by atoms with Gasteiger partial charge in [-0.05, 0) is 24.6 Å². The zero-order valence-corrected chi connectivity index (χ0v) is 12.6. The van der Waals surface area contributed by atoms with E-state index in [4.69, 9.17) is 34.3 Å². The molecule has 1 amide bonds. The molecule has 19 heavy (non-hydrogen) atoms. The molecule has 0 aliphatic carbocycles. The summed E-state index contributed by atoms with van der Waals surface area (Å²) in [5.74, 6) is 0.485. The summed E-state index contributed by atoms with van der Waals surface area (Å²) in [4.78, 5) is 13.7. The van der Waals surface area contributed by atoms with Gasteiger partial charge in [0, 0.05) is 25.0 Å². The van der Waals surface area contributed by atoms with Gasteiger partial charge >= 0.3 is 0 Å². The number of halogens is 1. The fourth-order valence-corrected chi connectivity index (χ4v) is 1.64. The zero-order valence-electron chi connectivity index (χ0n) is 11.0. The molecule has 0 saturated carbocycles. The molecular formula is C13H17ClN2O2S. The fraction of sp³-hybridized carbons (Fsp3) is 0.385. The van der Waals surface area contributed by atoms with Crippen molar-refractivity contribution in [2.24, 2.45) is 5.73 Å². The van der Waals surface area contributed by atoms with Crippen molar-refractivity contribution < 1.29 is 9.53 Å². The number of ether oxygens (including phenoxy) is 1. The lowest BCUT2D eigenvalue weighted by Gasteiger charge is -2.17. The lowest BCUT2D eigenvalue weighted by Crippen LogP contribution is -2.33. The van der Waals surface area contributed by atoms with Crippen molar-refractivity contribution in [3.8, 4) is 5.75 Å². The smallest absolute Gasteiger partial charge is 0.260 e. The van der Waals surface area contributed by atoms with Crippen LogP contribution in [0.15, 0.2) is 18.2 Å². The van der Waals surface area contributed by atoms with Gasteiger partial charge in [-0.1, -0.05) is 29.9 Å². The summed E-state index contributed by atoms with van der Waals surface area (Å²) < 4.78 is 5.47. The van der Waals surface area contributed by atoms with Crippen LogP contribution in [0.1, 0.15) is 12.0 Å². The highest BCUT2D eigenvalue weighted by molar-refractivity contribution is 7.80. The number of thiocarbonyl (C=S) groups is 1. The molecule has 104 valence electrons. The summed E-state index contributed by atoms with van der Waals surface area (Å²) in [7, 11) is 1.69. The van der Waals surface area contributed by atoms with E-state index in [1.165, 1.54) is 0 Å². The highest BCUT2D eigenvalue weighted by atomic mass is 35.5. The zero-order chi connectivity index (χ0) is 14.4. The molecule has 2 N–H and O–H groups in total. The monoisotopic (exact) mass is 300 g/mol. The van der Waals surface area contributed by atoms with E-state index in [0.29, 0.717) is 28.7 Å². The summed E-state index contributed by atoms with van der Waals surface area (Å²) in [5, 5.41) is 0.579. The van der Waals surface area contributed by atoms with Crippen LogP contribution in [0.5, 0.6) is 5.75 Å². The molecule has 0 aromatic heterocycles. The Balaban J connectivity index is 2.49. The van der Waals surface area contributed by atoms with Crippen LogP contribution in [0.4, 0.5) is 0 Å². The highest BCUT2D eigenvalue weighted by Gasteiger charge is 2.10. The van der Waals surface area contributed by atoms with E-state index in [0.717, 1.165) is 5.56 Å². The first-order valence-corrected chi connectivity index (χ1v) is 6.60. The molecule has 0 fully saturated rings. The average molecular weight is 301 g/mol. The van der Waals surface area contributed by atoms with Gasteiger partial charge in [0.15, 0.2) is 6.61 Å². The molecule has 0 bridgehead atoms. The Bertz CT molecular complexity index is 480. The third-order valence-electron chi connectivity index (χ3n) is 2.62.